The number of hydrogen-bond acceptors (Lipinski definition) is 2. The topological polar surface area (TPSA) is 38.3 Å². The molecule has 0 radical (unpaired) electrons. The van der Waals surface area contributed by atoms with Crippen LogP contribution in [0, 0.1) is 0 Å². The van der Waals surface area contributed by atoms with Crippen LogP contribution in [0.15, 0.2) is 48.5 Å². The van der Waals surface area contributed by atoms with Gasteiger partial charge in [0.25, 0.3) is 5.91 Å². The first kappa shape index (κ1) is 17.4. The van der Waals surface area contributed by atoms with Crippen molar-refractivity contribution in [1.82, 2.24) is 0 Å². The zero-order valence-electron chi connectivity index (χ0n) is 13.7. The number of anilines is 1. The van der Waals surface area contributed by atoms with Crippen molar-refractivity contribution in [3.63, 3.8) is 0 Å². The molecule has 0 unspecified atom stereocenters. The van der Waals surface area contributed by atoms with Crippen LogP contribution in [0.5, 0.6) is 5.75 Å². The molecular formula is C19H22ClNO2. The highest BCUT2D eigenvalue weighted by atomic mass is 35.5. The third kappa shape index (κ3) is 4.49. The molecule has 0 saturated carbocycles. The summed E-state index contributed by atoms with van der Waals surface area (Å²) in [5.41, 5.74) is 1.93. The number of amides is 1. The fraction of sp³-hybridized carbons (Fsp3) is 0.316. The number of nitrogens with one attached hydrogen (secondary N) is 1. The number of para-hydroxylation sites is 2. The van der Waals surface area contributed by atoms with Gasteiger partial charge in [-0.3, -0.25) is 4.79 Å². The van der Waals surface area contributed by atoms with Gasteiger partial charge in [0.15, 0.2) is 6.10 Å². The minimum Gasteiger partial charge on any atom is -0.479 e. The Labute approximate surface area is 142 Å². The van der Waals surface area contributed by atoms with Crippen molar-refractivity contribution in [2.45, 2.75) is 39.2 Å². The van der Waals surface area contributed by atoms with Crippen molar-refractivity contribution in [3.8, 4) is 5.75 Å². The van der Waals surface area contributed by atoms with Crippen molar-refractivity contribution < 1.29 is 9.53 Å². The molecule has 0 aromatic heterocycles. The van der Waals surface area contributed by atoms with E-state index >= 15 is 0 Å². The Bertz CT molecular complexity index is 670. The molecular weight excluding hydrogens is 310 g/mol. The van der Waals surface area contributed by atoms with Crippen molar-refractivity contribution in [3.05, 3.63) is 59.1 Å². The van der Waals surface area contributed by atoms with Gasteiger partial charge in [-0.05, 0) is 36.1 Å². The lowest BCUT2D eigenvalue weighted by Gasteiger charge is -2.20. The zero-order valence-corrected chi connectivity index (χ0v) is 14.4. The molecule has 23 heavy (non-hydrogen) atoms. The number of carbonyl (C=O) groups is 1. The van der Waals surface area contributed by atoms with E-state index < -0.39 is 6.10 Å². The van der Waals surface area contributed by atoms with E-state index in [1.807, 2.05) is 43.3 Å². The second kappa shape index (κ2) is 8.02. The number of carbonyl (C=O) groups excluding carboxylic acids is 1. The molecule has 1 atom stereocenters. The molecule has 2 rings (SSSR count). The first-order chi connectivity index (χ1) is 11.0. The molecule has 4 heteroatoms. The van der Waals surface area contributed by atoms with Crippen molar-refractivity contribution >= 4 is 23.2 Å². The summed E-state index contributed by atoms with van der Waals surface area (Å²) in [5.74, 6) is 0.685. The average molecular weight is 332 g/mol. The molecule has 122 valence electrons. The van der Waals surface area contributed by atoms with Gasteiger partial charge in [0, 0.05) is 5.69 Å². The first-order valence-corrected chi connectivity index (χ1v) is 8.21. The van der Waals surface area contributed by atoms with Gasteiger partial charge in [-0.15, -0.1) is 0 Å². The van der Waals surface area contributed by atoms with Gasteiger partial charge in [-0.25, -0.2) is 0 Å². The summed E-state index contributed by atoms with van der Waals surface area (Å²) in [7, 11) is 0. The summed E-state index contributed by atoms with van der Waals surface area (Å²) in [6.45, 7) is 6.11. The molecule has 0 heterocycles. The molecule has 1 N–H and O–H groups in total. The third-order valence-corrected chi connectivity index (χ3v) is 3.92. The van der Waals surface area contributed by atoms with E-state index in [0.717, 1.165) is 11.3 Å². The summed E-state index contributed by atoms with van der Waals surface area (Å²) >= 11 is 6.10. The maximum absolute atomic E-state index is 12.6. The number of ether oxygens (including phenoxy) is 1. The average Bonchev–Trinajstić information content (AvgIpc) is 2.54. The highest BCUT2D eigenvalue weighted by Crippen LogP contribution is 2.26. The van der Waals surface area contributed by atoms with Crippen LogP contribution in [0.2, 0.25) is 5.02 Å². The lowest BCUT2D eigenvalue weighted by atomic mass is 10.0. The van der Waals surface area contributed by atoms with Gasteiger partial charge >= 0.3 is 0 Å². The minimum atomic E-state index is -0.588. The second-order valence-electron chi connectivity index (χ2n) is 5.68. The summed E-state index contributed by atoms with van der Waals surface area (Å²) < 4.78 is 5.78. The van der Waals surface area contributed by atoms with Crippen LogP contribution in [0.1, 0.15) is 38.7 Å². The monoisotopic (exact) mass is 331 g/mol. The quantitative estimate of drug-likeness (QED) is 0.784. The van der Waals surface area contributed by atoms with Crippen LogP contribution in [0.4, 0.5) is 5.69 Å². The molecule has 2 aromatic rings. The Hall–Kier alpha value is -2.00. The van der Waals surface area contributed by atoms with E-state index in [2.05, 4.69) is 19.2 Å². The van der Waals surface area contributed by atoms with E-state index in [4.69, 9.17) is 16.3 Å². The highest BCUT2D eigenvalue weighted by Gasteiger charge is 2.20. The Morgan fingerprint density at radius 3 is 2.43 bits per heavy atom. The minimum absolute atomic E-state index is 0.166. The summed E-state index contributed by atoms with van der Waals surface area (Å²) in [6, 6.07) is 15.0. The normalized spacial score (nSPS) is 12.0. The lowest BCUT2D eigenvalue weighted by molar-refractivity contribution is -0.122. The van der Waals surface area contributed by atoms with Crippen molar-refractivity contribution in [2.24, 2.45) is 0 Å². The maximum Gasteiger partial charge on any atom is 0.265 e. The smallest absolute Gasteiger partial charge is 0.265 e. The van der Waals surface area contributed by atoms with Crippen LogP contribution >= 0.6 is 11.6 Å². The summed E-state index contributed by atoms with van der Waals surface area (Å²) in [4.78, 5) is 12.6. The van der Waals surface area contributed by atoms with Gasteiger partial charge in [-0.1, -0.05) is 62.7 Å². The molecule has 0 bridgehead atoms. The molecule has 3 nitrogen and oxygen atoms in total. The molecule has 0 spiro atoms. The van der Waals surface area contributed by atoms with Gasteiger partial charge < -0.3 is 10.1 Å². The Morgan fingerprint density at radius 1 is 1.13 bits per heavy atom. The van der Waals surface area contributed by atoms with Crippen LogP contribution in [-0.4, -0.2) is 12.0 Å². The van der Waals surface area contributed by atoms with E-state index in [0.29, 0.717) is 23.1 Å². The largest absolute Gasteiger partial charge is 0.479 e. The fourth-order valence-corrected chi connectivity index (χ4v) is 2.52. The van der Waals surface area contributed by atoms with Crippen LogP contribution < -0.4 is 10.1 Å². The van der Waals surface area contributed by atoms with Crippen LogP contribution in [0.3, 0.4) is 0 Å². The molecule has 0 aliphatic carbocycles. The number of halogens is 1. The fourth-order valence-electron chi connectivity index (χ4n) is 2.34. The van der Waals surface area contributed by atoms with E-state index in [-0.39, 0.29) is 5.91 Å². The van der Waals surface area contributed by atoms with Crippen molar-refractivity contribution in [2.75, 3.05) is 5.32 Å². The number of rotatable bonds is 6. The second-order valence-corrected chi connectivity index (χ2v) is 6.08. The molecule has 0 aliphatic rings. The molecule has 0 saturated heterocycles. The zero-order chi connectivity index (χ0) is 16.8. The lowest BCUT2D eigenvalue weighted by Crippen LogP contribution is -2.32. The van der Waals surface area contributed by atoms with Crippen LogP contribution in [0.25, 0.3) is 0 Å². The standard InChI is InChI=1S/C19H22ClNO2/c1-4-17(23-18-12-8-6-10-15(18)20)19(22)21-16-11-7-5-9-14(16)13(2)3/h5-13,17H,4H2,1-3H3,(H,21,22)/t17-/m1/s1. The summed E-state index contributed by atoms with van der Waals surface area (Å²) in [6.07, 6.45) is -0.0314. The SMILES string of the molecule is CC[C@@H](Oc1ccccc1Cl)C(=O)Nc1ccccc1C(C)C. The van der Waals surface area contributed by atoms with E-state index in [1.54, 1.807) is 12.1 Å². The number of benzene rings is 2. The molecule has 2 aromatic carbocycles. The third-order valence-electron chi connectivity index (χ3n) is 3.61. The molecule has 1 amide bonds. The predicted octanol–water partition coefficient (Wildman–Crippen LogP) is 5.26. The summed E-state index contributed by atoms with van der Waals surface area (Å²) in [5, 5.41) is 3.48. The van der Waals surface area contributed by atoms with Gasteiger partial charge in [0.05, 0.1) is 5.02 Å². The maximum atomic E-state index is 12.6. The van der Waals surface area contributed by atoms with E-state index in [9.17, 15) is 4.79 Å². The Kier molecular flexibility index (Phi) is 6.05. The molecule has 0 aliphatic heterocycles. The first-order valence-electron chi connectivity index (χ1n) is 7.84. The number of hydrogen-bond donors (Lipinski definition) is 1. The van der Waals surface area contributed by atoms with E-state index in [1.165, 1.54) is 0 Å². The van der Waals surface area contributed by atoms with Gasteiger partial charge in [0.1, 0.15) is 5.75 Å². The van der Waals surface area contributed by atoms with Crippen molar-refractivity contribution in [1.29, 1.82) is 0 Å². The van der Waals surface area contributed by atoms with Crippen LogP contribution in [-0.2, 0) is 4.79 Å². The Morgan fingerprint density at radius 2 is 1.78 bits per heavy atom. The van der Waals surface area contributed by atoms with Gasteiger partial charge in [0.2, 0.25) is 0 Å². The molecule has 0 fully saturated rings. The van der Waals surface area contributed by atoms with Gasteiger partial charge in [-0.2, -0.15) is 0 Å². The predicted molar refractivity (Wildman–Crippen MR) is 95.3 cm³/mol. The highest BCUT2D eigenvalue weighted by molar-refractivity contribution is 6.32. The Balaban J connectivity index is 2.14.